The van der Waals surface area contributed by atoms with Crippen molar-refractivity contribution in [2.75, 3.05) is 30.9 Å². The fourth-order valence-electron chi connectivity index (χ4n) is 5.20. The molecule has 1 aliphatic rings. The zero-order chi connectivity index (χ0) is 28.8. The number of anilines is 2. The van der Waals surface area contributed by atoms with Gasteiger partial charge < -0.3 is 19.9 Å². The highest BCUT2D eigenvalue weighted by molar-refractivity contribution is 5.97. The highest BCUT2D eigenvalue weighted by Crippen LogP contribution is 2.29. The van der Waals surface area contributed by atoms with E-state index in [2.05, 4.69) is 17.4 Å². The van der Waals surface area contributed by atoms with E-state index >= 15 is 0 Å². The molecule has 2 amide bonds. The Labute approximate surface area is 240 Å². The maximum atomic E-state index is 13.5. The minimum absolute atomic E-state index is 0.0543. The number of nitrogens with zero attached hydrogens (tertiary/aromatic N) is 2. The first-order valence-electron chi connectivity index (χ1n) is 13.8. The Morgan fingerprint density at radius 3 is 2.12 bits per heavy atom. The van der Waals surface area contributed by atoms with Gasteiger partial charge in [-0.15, -0.1) is 0 Å². The number of rotatable bonds is 9. The molecule has 0 spiro atoms. The zero-order valence-corrected chi connectivity index (χ0v) is 23.3. The third-order valence-corrected chi connectivity index (χ3v) is 7.36. The first-order valence-corrected chi connectivity index (χ1v) is 13.8. The molecule has 5 rings (SSSR count). The molecule has 210 valence electrons. The lowest BCUT2D eigenvalue weighted by atomic mass is 9.96. The van der Waals surface area contributed by atoms with Crippen molar-refractivity contribution in [3.05, 3.63) is 120 Å². The third kappa shape index (κ3) is 7.31. The van der Waals surface area contributed by atoms with Gasteiger partial charge in [-0.1, -0.05) is 42.5 Å². The van der Waals surface area contributed by atoms with Crippen LogP contribution in [0.2, 0.25) is 0 Å². The van der Waals surface area contributed by atoms with Crippen molar-refractivity contribution in [1.29, 1.82) is 0 Å². The van der Waals surface area contributed by atoms with Gasteiger partial charge in [-0.2, -0.15) is 0 Å². The Kier molecular flexibility index (Phi) is 8.63. The molecule has 1 N–H and O–H groups in total. The van der Waals surface area contributed by atoms with Gasteiger partial charge in [0.1, 0.15) is 23.4 Å². The minimum atomic E-state index is -0.563. The molecule has 7 heteroatoms. The molecular weight excluding hydrogens is 517 g/mol. The summed E-state index contributed by atoms with van der Waals surface area (Å²) >= 11 is 0. The van der Waals surface area contributed by atoms with Crippen molar-refractivity contribution < 1.29 is 18.7 Å². The van der Waals surface area contributed by atoms with E-state index in [1.165, 1.54) is 17.7 Å². The summed E-state index contributed by atoms with van der Waals surface area (Å²) in [6.07, 6.45) is 1.64. The summed E-state index contributed by atoms with van der Waals surface area (Å²) < 4.78 is 18.9. The van der Waals surface area contributed by atoms with E-state index in [1.54, 1.807) is 41.3 Å². The third-order valence-electron chi connectivity index (χ3n) is 7.36. The molecule has 0 bridgehead atoms. The number of ether oxygens (including phenoxy) is 1. The second kappa shape index (κ2) is 12.7. The SMILES string of the molecule is CN(C)c1ccc(CC(=O)N2CC(Cc3ccccc3)C[C@H]2C(=O)Nc2ccc(Oc3ccc(F)cc3)cc2)cc1. The number of carbonyl (C=O) groups is 2. The molecule has 0 aromatic heterocycles. The fraction of sp³-hybridized carbons (Fsp3) is 0.235. The Bertz CT molecular complexity index is 1460. The molecule has 1 aliphatic heterocycles. The van der Waals surface area contributed by atoms with E-state index in [0.717, 1.165) is 17.7 Å². The molecule has 0 saturated carbocycles. The van der Waals surface area contributed by atoms with Crippen LogP contribution in [0.4, 0.5) is 15.8 Å². The monoisotopic (exact) mass is 551 g/mol. The highest BCUT2D eigenvalue weighted by atomic mass is 19.1. The quantitative estimate of drug-likeness (QED) is 0.264. The maximum absolute atomic E-state index is 13.5. The molecule has 1 fully saturated rings. The van der Waals surface area contributed by atoms with Crippen LogP contribution in [-0.2, 0) is 22.4 Å². The van der Waals surface area contributed by atoms with Gasteiger partial charge in [-0.05, 0) is 90.6 Å². The van der Waals surface area contributed by atoms with Gasteiger partial charge >= 0.3 is 0 Å². The summed E-state index contributed by atoms with van der Waals surface area (Å²) in [7, 11) is 3.96. The fourth-order valence-corrected chi connectivity index (χ4v) is 5.20. The van der Waals surface area contributed by atoms with Crippen molar-refractivity contribution in [1.82, 2.24) is 4.90 Å². The normalized spacial score (nSPS) is 16.3. The number of benzene rings is 4. The average molecular weight is 552 g/mol. The first kappa shape index (κ1) is 27.9. The van der Waals surface area contributed by atoms with Crippen LogP contribution >= 0.6 is 0 Å². The summed E-state index contributed by atoms with van der Waals surface area (Å²) in [5, 5.41) is 2.99. The van der Waals surface area contributed by atoms with Crippen molar-refractivity contribution in [3.8, 4) is 11.5 Å². The number of nitrogens with one attached hydrogen (secondary N) is 1. The van der Waals surface area contributed by atoms with Crippen molar-refractivity contribution in [2.45, 2.75) is 25.3 Å². The van der Waals surface area contributed by atoms with Gasteiger partial charge in [0, 0.05) is 32.0 Å². The van der Waals surface area contributed by atoms with E-state index in [1.807, 2.05) is 61.5 Å². The second-order valence-electron chi connectivity index (χ2n) is 10.7. The van der Waals surface area contributed by atoms with Crippen LogP contribution in [0, 0.1) is 11.7 Å². The van der Waals surface area contributed by atoms with Crippen molar-refractivity contribution in [3.63, 3.8) is 0 Å². The minimum Gasteiger partial charge on any atom is -0.457 e. The Morgan fingerprint density at radius 2 is 1.49 bits per heavy atom. The van der Waals surface area contributed by atoms with Crippen LogP contribution < -0.4 is 15.0 Å². The summed E-state index contributed by atoms with van der Waals surface area (Å²) in [5.41, 5.74) is 3.79. The van der Waals surface area contributed by atoms with Crippen LogP contribution in [0.5, 0.6) is 11.5 Å². The number of amides is 2. The lowest BCUT2D eigenvalue weighted by Gasteiger charge is -2.24. The number of likely N-dealkylation sites (tertiary alicyclic amines) is 1. The van der Waals surface area contributed by atoms with E-state index in [-0.39, 0.29) is 30.0 Å². The Balaban J connectivity index is 1.27. The predicted molar refractivity (Wildman–Crippen MR) is 160 cm³/mol. The van der Waals surface area contributed by atoms with Gasteiger partial charge in [0.2, 0.25) is 11.8 Å². The van der Waals surface area contributed by atoms with E-state index < -0.39 is 6.04 Å². The molecule has 6 nitrogen and oxygen atoms in total. The highest BCUT2D eigenvalue weighted by Gasteiger charge is 2.39. The van der Waals surface area contributed by atoms with E-state index in [4.69, 9.17) is 4.74 Å². The summed E-state index contributed by atoms with van der Waals surface area (Å²) in [6.45, 7) is 0.534. The predicted octanol–water partition coefficient (Wildman–Crippen LogP) is 6.33. The molecule has 0 radical (unpaired) electrons. The maximum Gasteiger partial charge on any atom is 0.247 e. The summed E-state index contributed by atoms with van der Waals surface area (Å²) in [4.78, 5) is 30.8. The lowest BCUT2D eigenvalue weighted by molar-refractivity contribution is -0.136. The van der Waals surface area contributed by atoms with Crippen LogP contribution in [0.3, 0.4) is 0 Å². The van der Waals surface area contributed by atoms with Gasteiger partial charge in [-0.3, -0.25) is 9.59 Å². The molecule has 0 aliphatic carbocycles. The number of carbonyl (C=O) groups excluding carboxylic acids is 2. The van der Waals surface area contributed by atoms with Crippen LogP contribution in [0.25, 0.3) is 0 Å². The largest absolute Gasteiger partial charge is 0.457 e. The Hall–Kier alpha value is -4.65. The summed E-state index contributed by atoms with van der Waals surface area (Å²) in [5.74, 6) is 0.674. The molecule has 1 unspecified atom stereocenters. The molecule has 41 heavy (non-hydrogen) atoms. The summed E-state index contributed by atoms with van der Waals surface area (Å²) in [6, 6.07) is 30.3. The van der Waals surface area contributed by atoms with Crippen LogP contribution in [-0.4, -0.2) is 43.4 Å². The smallest absolute Gasteiger partial charge is 0.247 e. The molecule has 2 atom stereocenters. The van der Waals surface area contributed by atoms with E-state index in [0.29, 0.717) is 30.2 Å². The molecular formula is C34H34FN3O3. The Morgan fingerprint density at radius 1 is 0.854 bits per heavy atom. The standard InChI is InChI=1S/C34H34FN3O3/c1-37(2)29-14-8-25(9-15-29)22-33(39)38-23-26(20-24-6-4-3-5-7-24)21-32(38)34(40)36-28-12-18-31(19-13-28)41-30-16-10-27(35)11-17-30/h3-19,26,32H,20-23H2,1-2H3,(H,36,40)/t26?,32-/m0/s1. The van der Waals surface area contributed by atoms with E-state index in [9.17, 15) is 14.0 Å². The number of hydrogen-bond acceptors (Lipinski definition) is 4. The number of halogens is 1. The topological polar surface area (TPSA) is 61.9 Å². The van der Waals surface area contributed by atoms with Crippen molar-refractivity contribution in [2.24, 2.45) is 5.92 Å². The van der Waals surface area contributed by atoms with Crippen LogP contribution in [0.15, 0.2) is 103 Å². The molecule has 4 aromatic carbocycles. The second-order valence-corrected chi connectivity index (χ2v) is 10.7. The van der Waals surface area contributed by atoms with Crippen LogP contribution in [0.1, 0.15) is 17.5 Å². The average Bonchev–Trinajstić information content (AvgIpc) is 3.40. The molecule has 1 saturated heterocycles. The van der Waals surface area contributed by atoms with Gasteiger partial charge in [0.05, 0.1) is 6.42 Å². The van der Waals surface area contributed by atoms with Gasteiger partial charge in [0.15, 0.2) is 0 Å². The van der Waals surface area contributed by atoms with Gasteiger partial charge in [0.25, 0.3) is 0 Å². The molecule has 1 heterocycles. The van der Waals surface area contributed by atoms with Gasteiger partial charge in [-0.25, -0.2) is 4.39 Å². The lowest BCUT2D eigenvalue weighted by Crippen LogP contribution is -2.43. The first-order chi connectivity index (χ1) is 19.8. The number of hydrogen-bond donors (Lipinski definition) is 1. The molecule has 4 aromatic rings. The zero-order valence-electron chi connectivity index (χ0n) is 23.3. The van der Waals surface area contributed by atoms with Crippen molar-refractivity contribution >= 4 is 23.2 Å².